The lowest BCUT2D eigenvalue weighted by Crippen LogP contribution is -1.94. The third-order valence-electron chi connectivity index (χ3n) is 3.94. The number of hydrogen-bond donors (Lipinski definition) is 0. The number of rotatable bonds is 7. The predicted octanol–water partition coefficient (Wildman–Crippen LogP) is 6.91. The van der Waals surface area contributed by atoms with Crippen molar-refractivity contribution in [2.75, 3.05) is 0 Å². The van der Waals surface area contributed by atoms with Gasteiger partial charge in [-0.3, -0.25) is 10.1 Å². The quantitative estimate of drug-likeness (QED) is 0.224. The Balaban J connectivity index is 1.69. The molecule has 3 rings (SSSR count). The highest BCUT2D eigenvalue weighted by Crippen LogP contribution is 2.35. The minimum Gasteiger partial charge on any atom is -0.391 e. The average Bonchev–Trinajstić information content (AvgIpc) is 2.69. The summed E-state index contributed by atoms with van der Waals surface area (Å²) in [5.41, 5.74) is 2.45. The normalized spacial score (nSPS) is 11.0. The molecule has 0 saturated carbocycles. The SMILES string of the molecule is Cc1ccc(Sc2ccc(C=NOCc3ccc(Cl)cc3Cl)cc2[N+](=O)[O-])cc1. The summed E-state index contributed by atoms with van der Waals surface area (Å²) in [5, 5.41) is 16.4. The molecule has 0 aliphatic heterocycles. The van der Waals surface area contributed by atoms with Crippen molar-refractivity contribution in [3.63, 3.8) is 0 Å². The van der Waals surface area contributed by atoms with Gasteiger partial charge < -0.3 is 4.84 Å². The number of oxime groups is 1. The van der Waals surface area contributed by atoms with E-state index in [-0.39, 0.29) is 12.3 Å². The maximum Gasteiger partial charge on any atom is 0.283 e. The highest BCUT2D eigenvalue weighted by Gasteiger charge is 2.15. The van der Waals surface area contributed by atoms with Gasteiger partial charge in [0.1, 0.15) is 6.61 Å². The molecule has 0 radical (unpaired) electrons. The van der Waals surface area contributed by atoms with Crippen LogP contribution in [-0.2, 0) is 11.4 Å². The van der Waals surface area contributed by atoms with Crippen LogP contribution in [-0.4, -0.2) is 11.1 Å². The Labute approximate surface area is 182 Å². The molecule has 0 bridgehead atoms. The second-order valence-corrected chi connectivity index (χ2v) is 8.10. The van der Waals surface area contributed by atoms with Crippen LogP contribution in [0.5, 0.6) is 0 Å². The second-order valence-electron chi connectivity index (χ2n) is 6.14. The molecule has 0 N–H and O–H groups in total. The van der Waals surface area contributed by atoms with E-state index in [4.69, 9.17) is 28.0 Å². The molecule has 3 aromatic rings. The van der Waals surface area contributed by atoms with Crippen molar-refractivity contribution in [1.29, 1.82) is 0 Å². The molecule has 0 spiro atoms. The van der Waals surface area contributed by atoms with Crippen LogP contribution in [0.1, 0.15) is 16.7 Å². The van der Waals surface area contributed by atoms with E-state index in [0.29, 0.717) is 20.5 Å². The summed E-state index contributed by atoms with van der Waals surface area (Å²) in [6.45, 7) is 2.16. The van der Waals surface area contributed by atoms with Crippen LogP contribution in [0.15, 0.2) is 75.6 Å². The molecule has 0 aromatic heterocycles. The monoisotopic (exact) mass is 446 g/mol. The first-order chi connectivity index (χ1) is 13.9. The lowest BCUT2D eigenvalue weighted by Gasteiger charge is -2.05. The van der Waals surface area contributed by atoms with E-state index in [1.807, 2.05) is 31.2 Å². The van der Waals surface area contributed by atoms with Gasteiger partial charge in [0.25, 0.3) is 5.69 Å². The summed E-state index contributed by atoms with van der Waals surface area (Å²) < 4.78 is 0. The summed E-state index contributed by atoms with van der Waals surface area (Å²) in [6, 6.07) is 17.8. The first-order valence-electron chi connectivity index (χ1n) is 8.54. The molecule has 5 nitrogen and oxygen atoms in total. The Morgan fingerprint density at radius 3 is 2.55 bits per heavy atom. The molecule has 0 heterocycles. The van der Waals surface area contributed by atoms with Gasteiger partial charge in [-0.05, 0) is 37.3 Å². The van der Waals surface area contributed by atoms with Gasteiger partial charge in [-0.2, -0.15) is 0 Å². The third kappa shape index (κ3) is 5.97. The second kappa shape index (κ2) is 9.78. The number of hydrogen-bond acceptors (Lipinski definition) is 5. The number of nitro groups is 1. The van der Waals surface area contributed by atoms with Crippen LogP contribution >= 0.6 is 35.0 Å². The van der Waals surface area contributed by atoms with Crippen molar-refractivity contribution in [2.45, 2.75) is 23.3 Å². The van der Waals surface area contributed by atoms with Crippen LogP contribution in [0.25, 0.3) is 0 Å². The molecule has 0 fully saturated rings. The van der Waals surface area contributed by atoms with Gasteiger partial charge in [-0.25, -0.2) is 0 Å². The van der Waals surface area contributed by atoms with E-state index in [0.717, 1.165) is 16.0 Å². The predicted molar refractivity (Wildman–Crippen MR) is 117 cm³/mol. The molecule has 0 atom stereocenters. The van der Waals surface area contributed by atoms with E-state index in [1.54, 1.807) is 30.3 Å². The summed E-state index contributed by atoms with van der Waals surface area (Å²) in [7, 11) is 0. The van der Waals surface area contributed by atoms with Crippen LogP contribution < -0.4 is 0 Å². The van der Waals surface area contributed by atoms with Crippen molar-refractivity contribution in [3.8, 4) is 0 Å². The number of benzene rings is 3. The highest BCUT2D eigenvalue weighted by atomic mass is 35.5. The summed E-state index contributed by atoms with van der Waals surface area (Å²) >= 11 is 13.3. The number of nitrogens with zero attached hydrogens (tertiary/aromatic N) is 2. The van der Waals surface area contributed by atoms with E-state index in [2.05, 4.69) is 5.16 Å². The summed E-state index contributed by atoms with van der Waals surface area (Å²) in [5.74, 6) is 0. The van der Waals surface area contributed by atoms with Crippen molar-refractivity contribution in [2.24, 2.45) is 5.16 Å². The van der Waals surface area contributed by atoms with Gasteiger partial charge in [0.15, 0.2) is 0 Å². The van der Waals surface area contributed by atoms with Crippen molar-refractivity contribution >= 4 is 46.9 Å². The van der Waals surface area contributed by atoms with Crippen LogP contribution in [0, 0.1) is 17.0 Å². The largest absolute Gasteiger partial charge is 0.391 e. The van der Waals surface area contributed by atoms with Gasteiger partial charge in [-0.15, -0.1) is 0 Å². The van der Waals surface area contributed by atoms with E-state index < -0.39 is 4.92 Å². The molecular weight excluding hydrogens is 431 g/mol. The standard InChI is InChI=1S/C21H16Cl2N2O3S/c1-14-2-7-18(8-3-14)29-21-9-4-15(10-20(21)25(26)27)12-24-28-13-16-5-6-17(22)11-19(16)23/h2-12H,13H2,1H3. The molecule has 8 heteroatoms. The molecule has 0 unspecified atom stereocenters. The van der Waals surface area contributed by atoms with Crippen LogP contribution in [0.3, 0.4) is 0 Å². The Bertz CT molecular complexity index is 1060. The van der Waals surface area contributed by atoms with E-state index >= 15 is 0 Å². The Kier molecular flexibility index (Phi) is 7.14. The van der Waals surface area contributed by atoms with Crippen molar-refractivity contribution in [3.05, 3.63) is 97.5 Å². The highest BCUT2D eigenvalue weighted by molar-refractivity contribution is 7.99. The van der Waals surface area contributed by atoms with Crippen molar-refractivity contribution < 1.29 is 9.76 Å². The Morgan fingerprint density at radius 1 is 1.10 bits per heavy atom. The topological polar surface area (TPSA) is 64.7 Å². The molecular formula is C21H16Cl2N2O3S. The minimum atomic E-state index is -0.401. The molecule has 148 valence electrons. The summed E-state index contributed by atoms with van der Waals surface area (Å²) in [4.78, 5) is 17.8. The fourth-order valence-corrected chi connectivity index (χ4v) is 3.78. The minimum absolute atomic E-state index is 0.0141. The van der Waals surface area contributed by atoms with Crippen LogP contribution in [0.4, 0.5) is 5.69 Å². The fraction of sp³-hybridized carbons (Fsp3) is 0.0952. The average molecular weight is 447 g/mol. The van der Waals surface area contributed by atoms with E-state index in [1.165, 1.54) is 24.0 Å². The first-order valence-corrected chi connectivity index (χ1v) is 10.1. The van der Waals surface area contributed by atoms with Gasteiger partial charge in [-0.1, -0.05) is 69.9 Å². The third-order valence-corrected chi connectivity index (χ3v) is 5.60. The van der Waals surface area contributed by atoms with Gasteiger partial charge >= 0.3 is 0 Å². The molecule has 3 aromatic carbocycles. The number of nitro benzene ring substituents is 1. The van der Waals surface area contributed by atoms with Crippen molar-refractivity contribution in [1.82, 2.24) is 0 Å². The van der Waals surface area contributed by atoms with Gasteiger partial charge in [0, 0.05) is 32.1 Å². The van der Waals surface area contributed by atoms with E-state index in [9.17, 15) is 10.1 Å². The molecule has 0 saturated heterocycles. The number of aryl methyl sites for hydroxylation is 1. The lowest BCUT2D eigenvalue weighted by atomic mass is 10.2. The first kappa shape index (κ1) is 21.2. The lowest BCUT2D eigenvalue weighted by molar-refractivity contribution is -0.387. The van der Waals surface area contributed by atoms with Gasteiger partial charge in [0.2, 0.25) is 0 Å². The zero-order chi connectivity index (χ0) is 20.8. The maximum atomic E-state index is 11.5. The van der Waals surface area contributed by atoms with Gasteiger partial charge in [0.05, 0.1) is 16.0 Å². The smallest absolute Gasteiger partial charge is 0.283 e. The Morgan fingerprint density at radius 2 is 1.86 bits per heavy atom. The fourth-order valence-electron chi connectivity index (χ4n) is 2.42. The number of halogens is 2. The maximum absolute atomic E-state index is 11.5. The van der Waals surface area contributed by atoms with Crippen LogP contribution in [0.2, 0.25) is 10.0 Å². The Hall–Kier alpha value is -2.54. The molecule has 29 heavy (non-hydrogen) atoms. The molecule has 0 amide bonds. The molecule has 0 aliphatic carbocycles. The zero-order valence-corrected chi connectivity index (χ0v) is 17.7. The molecule has 0 aliphatic rings. The zero-order valence-electron chi connectivity index (χ0n) is 15.3. The summed E-state index contributed by atoms with van der Waals surface area (Å²) in [6.07, 6.45) is 1.43.